The lowest BCUT2D eigenvalue weighted by atomic mass is 9.53. The van der Waals surface area contributed by atoms with Crippen LogP contribution in [0.25, 0.3) is 0 Å². The molecule has 0 spiro atoms. The minimum absolute atomic E-state index is 0.102. The normalized spacial score (nSPS) is 40.5. The summed E-state index contributed by atoms with van der Waals surface area (Å²) in [5, 5.41) is 10.2. The van der Waals surface area contributed by atoms with Gasteiger partial charge in [0.05, 0.1) is 6.10 Å². The van der Waals surface area contributed by atoms with Crippen LogP contribution < -0.4 is 0 Å². The fourth-order valence-electron chi connectivity index (χ4n) is 8.56. The van der Waals surface area contributed by atoms with Crippen LogP contribution in [0.1, 0.15) is 112 Å². The van der Waals surface area contributed by atoms with E-state index in [1.54, 1.807) is 5.57 Å². The Morgan fingerprint density at radius 3 is 2.53 bits per heavy atom. The molecule has 0 aliphatic heterocycles. The third kappa shape index (κ3) is 3.66. The summed E-state index contributed by atoms with van der Waals surface area (Å²) >= 11 is 0. The second-order valence-corrected chi connectivity index (χ2v) is 12.4. The zero-order chi connectivity index (χ0) is 21.7. The van der Waals surface area contributed by atoms with Gasteiger partial charge in [-0.2, -0.15) is 0 Å². The van der Waals surface area contributed by atoms with E-state index in [-0.39, 0.29) is 11.5 Å². The molecule has 4 aliphatic carbocycles. The van der Waals surface area contributed by atoms with Gasteiger partial charge in [-0.3, -0.25) is 0 Å². The van der Waals surface area contributed by atoms with E-state index in [1.165, 1.54) is 51.4 Å². The van der Waals surface area contributed by atoms with Crippen molar-refractivity contribution in [3.63, 3.8) is 0 Å². The average Bonchev–Trinajstić information content (AvgIpc) is 3.06. The topological polar surface area (TPSA) is 20.2 Å². The summed E-state index contributed by atoms with van der Waals surface area (Å²) in [6.45, 7) is 15.0. The van der Waals surface area contributed by atoms with Gasteiger partial charge in [0.1, 0.15) is 0 Å². The van der Waals surface area contributed by atoms with Crippen molar-refractivity contribution in [2.24, 2.45) is 40.4 Å². The number of fused-ring (bicyclic) bond motifs is 4. The Morgan fingerprint density at radius 1 is 1.07 bits per heavy atom. The molecule has 30 heavy (non-hydrogen) atoms. The molecule has 0 aromatic carbocycles. The highest BCUT2D eigenvalue weighted by atomic mass is 16.3. The van der Waals surface area contributed by atoms with E-state index in [0.717, 1.165) is 48.9 Å². The molecule has 0 bridgehead atoms. The molecule has 0 heterocycles. The van der Waals surface area contributed by atoms with Crippen LogP contribution in [0.15, 0.2) is 22.8 Å². The van der Waals surface area contributed by atoms with E-state index in [1.807, 2.05) is 11.1 Å². The van der Waals surface area contributed by atoms with Crippen molar-refractivity contribution < 1.29 is 5.11 Å². The summed E-state index contributed by atoms with van der Waals surface area (Å²) in [7, 11) is 0. The molecule has 0 unspecified atom stereocenters. The van der Waals surface area contributed by atoms with Gasteiger partial charge in [0.15, 0.2) is 0 Å². The SMILES string of the molecule is CC[C@H](CC[C@@H](C)[C@H]1CC[C@@H]2C3=C(CC[C@@]21C)[C@@]1(C)CC[C@H](O)CC1=CC3)C(C)C. The standard InChI is InChI=1S/C29H48O/c1-7-21(19(2)3)9-8-20(4)25-12-13-26-24-11-10-22-18-23(30)14-16-28(22,5)27(24)15-17-29(25,26)6/h10,19-21,23,25-26,30H,7-9,11-18H2,1-6H3/t20-,21-,23+,25-,26-,28+,29-/m1/s1. The molecular weight excluding hydrogens is 364 g/mol. The first kappa shape index (κ1) is 22.6. The van der Waals surface area contributed by atoms with Crippen molar-refractivity contribution in [1.82, 2.24) is 0 Å². The fourth-order valence-corrected chi connectivity index (χ4v) is 8.56. The Bertz CT molecular complexity index is 699. The largest absolute Gasteiger partial charge is 0.393 e. The molecule has 0 saturated heterocycles. The van der Waals surface area contributed by atoms with E-state index in [9.17, 15) is 5.11 Å². The van der Waals surface area contributed by atoms with Crippen molar-refractivity contribution in [3.8, 4) is 0 Å². The first-order valence-electron chi connectivity index (χ1n) is 13.3. The first-order chi connectivity index (χ1) is 14.2. The lowest BCUT2D eigenvalue weighted by Crippen LogP contribution is -2.42. The molecule has 4 rings (SSSR count). The van der Waals surface area contributed by atoms with Crippen LogP contribution in [0.4, 0.5) is 0 Å². The minimum atomic E-state index is -0.102. The smallest absolute Gasteiger partial charge is 0.0578 e. The monoisotopic (exact) mass is 412 g/mol. The molecule has 4 aliphatic rings. The molecule has 1 nitrogen and oxygen atoms in total. The second kappa shape index (κ2) is 8.42. The molecular formula is C29H48O. The van der Waals surface area contributed by atoms with Crippen molar-refractivity contribution >= 4 is 0 Å². The quantitative estimate of drug-likeness (QED) is 0.437. The molecule has 1 heteroatoms. The van der Waals surface area contributed by atoms with Gasteiger partial charge in [-0.25, -0.2) is 0 Å². The van der Waals surface area contributed by atoms with Crippen LogP contribution in [0.3, 0.4) is 0 Å². The van der Waals surface area contributed by atoms with Gasteiger partial charge in [0.25, 0.3) is 0 Å². The molecule has 170 valence electrons. The predicted octanol–water partition coefficient (Wildman–Crippen LogP) is 8.09. The van der Waals surface area contributed by atoms with Gasteiger partial charge in [0.2, 0.25) is 0 Å². The Kier molecular flexibility index (Phi) is 6.35. The van der Waals surface area contributed by atoms with Gasteiger partial charge in [-0.1, -0.05) is 77.2 Å². The number of hydrogen-bond donors (Lipinski definition) is 1. The molecule has 0 amide bonds. The average molecular weight is 413 g/mol. The Balaban J connectivity index is 1.51. The number of hydrogen-bond acceptors (Lipinski definition) is 1. The summed E-state index contributed by atoms with van der Waals surface area (Å²) in [6, 6.07) is 0. The maximum Gasteiger partial charge on any atom is 0.0578 e. The summed E-state index contributed by atoms with van der Waals surface area (Å²) in [4.78, 5) is 0. The van der Waals surface area contributed by atoms with Crippen molar-refractivity contribution in [2.75, 3.05) is 0 Å². The van der Waals surface area contributed by atoms with Crippen LogP contribution in [0, 0.1) is 40.4 Å². The van der Waals surface area contributed by atoms with Crippen LogP contribution in [0.5, 0.6) is 0 Å². The second-order valence-electron chi connectivity index (χ2n) is 12.4. The van der Waals surface area contributed by atoms with E-state index in [0.29, 0.717) is 5.41 Å². The highest BCUT2D eigenvalue weighted by Crippen LogP contribution is 2.65. The molecule has 0 aromatic rings. The summed E-state index contributed by atoms with van der Waals surface area (Å²) < 4.78 is 0. The highest BCUT2D eigenvalue weighted by Gasteiger charge is 2.54. The number of aliphatic hydroxyl groups is 1. The maximum atomic E-state index is 10.2. The number of rotatable bonds is 6. The summed E-state index contributed by atoms with van der Waals surface area (Å²) in [6.07, 6.45) is 16.5. The lowest BCUT2D eigenvalue weighted by Gasteiger charge is -2.52. The van der Waals surface area contributed by atoms with Gasteiger partial charge >= 0.3 is 0 Å². The zero-order valence-electron chi connectivity index (χ0n) is 20.8. The molecule has 0 radical (unpaired) electrons. The third-order valence-electron chi connectivity index (χ3n) is 10.7. The molecule has 7 atom stereocenters. The summed E-state index contributed by atoms with van der Waals surface area (Å²) in [5.41, 5.74) is 6.01. The van der Waals surface area contributed by atoms with Gasteiger partial charge < -0.3 is 5.11 Å². The van der Waals surface area contributed by atoms with E-state index in [4.69, 9.17) is 0 Å². The van der Waals surface area contributed by atoms with Crippen LogP contribution in [-0.2, 0) is 0 Å². The molecule has 0 aromatic heterocycles. The lowest BCUT2D eigenvalue weighted by molar-refractivity contribution is 0.0845. The van der Waals surface area contributed by atoms with Crippen LogP contribution in [0.2, 0.25) is 0 Å². The van der Waals surface area contributed by atoms with Crippen LogP contribution in [-0.4, -0.2) is 11.2 Å². The van der Waals surface area contributed by atoms with E-state index >= 15 is 0 Å². The Morgan fingerprint density at radius 2 is 1.83 bits per heavy atom. The van der Waals surface area contributed by atoms with E-state index in [2.05, 4.69) is 47.6 Å². The van der Waals surface area contributed by atoms with Crippen molar-refractivity contribution in [2.45, 2.75) is 118 Å². The first-order valence-corrected chi connectivity index (χ1v) is 13.3. The molecule has 1 N–H and O–H groups in total. The highest BCUT2D eigenvalue weighted by molar-refractivity contribution is 5.43. The van der Waals surface area contributed by atoms with Crippen molar-refractivity contribution in [3.05, 3.63) is 22.8 Å². The zero-order valence-corrected chi connectivity index (χ0v) is 20.8. The fraction of sp³-hybridized carbons (Fsp3) is 0.862. The van der Waals surface area contributed by atoms with Crippen LogP contribution >= 0.6 is 0 Å². The molecule has 2 fully saturated rings. The van der Waals surface area contributed by atoms with Gasteiger partial charge in [-0.15, -0.1) is 0 Å². The van der Waals surface area contributed by atoms with E-state index < -0.39 is 0 Å². The number of aliphatic hydroxyl groups excluding tert-OH is 1. The predicted molar refractivity (Wildman–Crippen MR) is 128 cm³/mol. The Hall–Kier alpha value is -0.560. The molecule has 2 saturated carbocycles. The third-order valence-corrected chi connectivity index (χ3v) is 10.7. The van der Waals surface area contributed by atoms with Crippen molar-refractivity contribution in [1.29, 1.82) is 0 Å². The minimum Gasteiger partial charge on any atom is -0.393 e. The Labute approximate surface area is 186 Å². The van der Waals surface area contributed by atoms with Gasteiger partial charge in [0, 0.05) is 5.41 Å². The van der Waals surface area contributed by atoms with Gasteiger partial charge in [-0.05, 0) is 92.8 Å². The summed E-state index contributed by atoms with van der Waals surface area (Å²) in [5.74, 6) is 4.33. The number of allylic oxidation sites excluding steroid dienone is 3. The maximum absolute atomic E-state index is 10.2.